The molecule has 1 aromatic carbocycles. The molecular weight excluding hydrogens is 278 g/mol. The molecule has 0 bridgehead atoms. The number of para-hydroxylation sites is 1. The monoisotopic (exact) mass is 297 g/mol. The molecule has 1 N–H and O–H groups in total. The summed E-state index contributed by atoms with van der Waals surface area (Å²) in [5.74, 6) is 0.725. The summed E-state index contributed by atoms with van der Waals surface area (Å²) in [6, 6.07) is 10.3. The Kier molecular flexibility index (Phi) is 4.13. The molecule has 0 radical (unpaired) electrons. The number of H-pyrrole nitrogens is 1. The molecule has 3 rings (SSSR count). The van der Waals surface area contributed by atoms with Crippen molar-refractivity contribution in [2.45, 2.75) is 19.9 Å². The van der Waals surface area contributed by atoms with Crippen molar-refractivity contribution in [3.05, 3.63) is 53.6 Å². The van der Waals surface area contributed by atoms with Crippen molar-refractivity contribution < 1.29 is 0 Å². The largest absolute Gasteiger partial charge is 0.365 e. The Balaban J connectivity index is 1.80. The number of nitrogens with zero attached hydrogens (tertiary/aromatic N) is 6. The second-order valence-corrected chi connectivity index (χ2v) is 5.23. The first-order valence-electron chi connectivity index (χ1n) is 7.24. The van der Waals surface area contributed by atoms with E-state index in [1.165, 1.54) is 16.9 Å². The normalized spacial score (nSPS) is 10.8. The first-order valence-corrected chi connectivity index (χ1v) is 7.24. The van der Waals surface area contributed by atoms with Gasteiger partial charge in [0, 0.05) is 25.7 Å². The number of rotatable bonds is 6. The number of tetrazole rings is 1. The lowest BCUT2D eigenvalue weighted by Crippen LogP contribution is -2.27. The summed E-state index contributed by atoms with van der Waals surface area (Å²) in [6.07, 6.45) is 2.64. The zero-order valence-electron chi connectivity index (χ0n) is 12.8. The summed E-state index contributed by atoms with van der Waals surface area (Å²) in [6.45, 7) is 3.70. The van der Waals surface area contributed by atoms with Crippen LogP contribution in [-0.4, -0.2) is 36.9 Å². The van der Waals surface area contributed by atoms with Gasteiger partial charge in [0.25, 0.3) is 0 Å². The van der Waals surface area contributed by atoms with E-state index < -0.39 is 0 Å². The molecule has 0 aliphatic rings. The SMILES string of the molecule is Cc1cnn(C)c1CN(CCc1nn[nH]n1)c1ccccc1. The maximum atomic E-state index is 4.32. The molecule has 0 fully saturated rings. The van der Waals surface area contributed by atoms with E-state index in [1.807, 2.05) is 36.1 Å². The third kappa shape index (κ3) is 3.13. The van der Waals surface area contributed by atoms with Gasteiger partial charge in [0.05, 0.1) is 18.4 Å². The average Bonchev–Trinajstić information content (AvgIpc) is 3.16. The summed E-state index contributed by atoms with van der Waals surface area (Å²) in [5, 5.41) is 18.5. The predicted octanol–water partition coefficient (Wildman–Crippen LogP) is 1.49. The Morgan fingerprint density at radius 3 is 2.68 bits per heavy atom. The van der Waals surface area contributed by atoms with Gasteiger partial charge in [-0.15, -0.1) is 10.2 Å². The van der Waals surface area contributed by atoms with Crippen LogP contribution < -0.4 is 4.90 Å². The van der Waals surface area contributed by atoms with E-state index in [0.29, 0.717) is 0 Å². The van der Waals surface area contributed by atoms with Crippen molar-refractivity contribution in [1.29, 1.82) is 0 Å². The number of aromatic nitrogens is 6. The Morgan fingerprint density at radius 1 is 1.23 bits per heavy atom. The van der Waals surface area contributed by atoms with Crippen molar-refractivity contribution in [2.24, 2.45) is 7.05 Å². The smallest absolute Gasteiger partial charge is 0.176 e. The van der Waals surface area contributed by atoms with E-state index in [4.69, 9.17) is 0 Å². The van der Waals surface area contributed by atoms with Gasteiger partial charge in [-0.25, -0.2) is 0 Å². The van der Waals surface area contributed by atoms with Crippen molar-refractivity contribution >= 4 is 5.69 Å². The first-order chi connectivity index (χ1) is 10.7. The molecule has 0 atom stereocenters. The summed E-state index contributed by atoms with van der Waals surface area (Å²) < 4.78 is 1.93. The third-order valence-corrected chi connectivity index (χ3v) is 3.73. The second kappa shape index (κ2) is 6.38. The average molecular weight is 297 g/mol. The Bertz CT molecular complexity index is 683. The van der Waals surface area contributed by atoms with Gasteiger partial charge >= 0.3 is 0 Å². The zero-order valence-corrected chi connectivity index (χ0v) is 12.8. The molecule has 2 aromatic heterocycles. The standard InChI is InChI=1S/C15H19N7/c1-12-10-16-21(2)14(12)11-22(13-6-4-3-5-7-13)9-8-15-17-19-20-18-15/h3-7,10H,8-9,11H2,1-2H3,(H,17,18,19,20). The molecule has 0 saturated heterocycles. The number of nitrogens with one attached hydrogen (secondary N) is 1. The van der Waals surface area contributed by atoms with Gasteiger partial charge in [0.1, 0.15) is 0 Å². The van der Waals surface area contributed by atoms with E-state index in [0.717, 1.165) is 25.3 Å². The summed E-state index contributed by atoms with van der Waals surface area (Å²) in [4.78, 5) is 2.31. The van der Waals surface area contributed by atoms with Crippen LogP contribution in [0.3, 0.4) is 0 Å². The van der Waals surface area contributed by atoms with Crippen LogP contribution in [-0.2, 0) is 20.0 Å². The zero-order chi connectivity index (χ0) is 15.4. The van der Waals surface area contributed by atoms with E-state index in [9.17, 15) is 0 Å². The van der Waals surface area contributed by atoms with Crippen molar-refractivity contribution in [2.75, 3.05) is 11.4 Å². The van der Waals surface area contributed by atoms with Gasteiger partial charge in [-0.2, -0.15) is 10.3 Å². The third-order valence-electron chi connectivity index (χ3n) is 3.73. The van der Waals surface area contributed by atoms with E-state index in [1.54, 1.807) is 0 Å². The molecule has 3 aromatic rings. The highest BCUT2D eigenvalue weighted by molar-refractivity contribution is 5.46. The minimum absolute atomic E-state index is 0.725. The van der Waals surface area contributed by atoms with Crippen molar-refractivity contribution in [3.8, 4) is 0 Å². The van der Waals surface area contributed by atoms with Crippen LogP contribution in [0.25, 0.3) is 0 Å². The number of hydrogen-bond donors (Lipinski definition) is 1. The van der Waals surface area contributed by atoms with E-state index in [-0.39, 0.29) is 0 Å². The lowest BCUT2D eigenvalue weighted by atomic mass is 10.2. The predicted molar refractivity (Wildman–Crippen MR) is 83.3 cm³/mol. The Hall–Kier alpha value is -2.70. The molecule has 2 heterocycles. The molecule has 22 heavy (non-hydrogen) atoms. The van der Waals surface area contributed by atoms with Crippen LogP contribution in [0.1, 0.15) is 17.1 Å². The van der Waals surface area contributed by atoms with Crippen LogP contribution in [0.5, 0.6) is 0 Å². The van der Waals surface area contributed by atoms with Gasteiger partial charge in [-0.05, 0) is 24.6 Å². The lowest BCUT2D eigenvalue weighted by Gasteiger charge is -2.24. The Morgan fingerprint density at radius 2 is 2.05 bits per heavy atom. The molecule has 0 aliphatic heterocycles. The highest BCUT2D eigenvalue weighted by atomic mass is 15.5. The minimum Gasteiger partial charge on any atom is -0.365 e. The summed E-state index contributed by atoms with van der Waals surface area (Å²) in [5.41, 5.74) is 3.58. The van der Waals surface area contributed by atoms with E-state index in [2.05, 4.69) is 49.7 Å². The molecule has 0 spiro atoms. The molecule has 0 unspecified atom stereocenters. The fourth-order valence-electron chi connectivity index (χ4n) is 2.44. The van der Waals surface area contributed by atoms with Gasteiger partial charge in [-0.3, -0.25) is 4.68 Å². The fourth-order valence-corrected chi connectivity index (χ4v) is 2.44. The highest BCUT2D eigenvalue weighted by Crippen LogP contribution is 2.18. The van der Waals surface area contributed by atoms with Crippen molar-refractivity contribution in [1.82, 2.24) is 30.4 Å². The molecular formula is C15H19N7. The van der Waals surface area contributed by atoms with Gasteiger partial charge < -0.3 is 4.90 Å². The number of hydrogen-bond acceptors (Lipinski definition) is 5. The second-order valence-electron chi connectivity index (χ2n) is 5.23. The Labute approximate surface area is 129 Å². The van der Waals surface area contributed by atoms with Crippen molar-refractivity contribution in [3.63, 3.8) is 0 Å². The van der Waals surface area contributed by atoms with Crippen LogP contribution in [0.2, 0.25) is 0 Å². The number of aryl methyl sites for hydroxylation is 2. The molecule has 0 aliphatic carbocycles. The number of anilines is 1. The molecule has 114 valence electrons. The molecule has 7 heteroatoms. The van der Waals surface area contributed by atoms with Crippen LogP contribution >= 0.6 is 0 Å². The quantitative estimate of drug-likeness (QED) is 0.746. The summed E-state index contributed by atoms with van der Waals surface area (Å²) >= 11 is 0. The highest BCUT2D eigenvalue weighted by Gasteiger charge is 2.13. The topological polar surface area (TPSA) is 75.5 Å². The van der Waals surface area contributed by atoms with Crippen LogP contribution in [0.15, 0.2) is 36.5 Å². The van der Waals surface area contributed by atoms with Gasteiger partial charge in [0.2, 0.25) is 0 Å². The maximum Gasteiger partial charge on any atom is 0.176 e. The number of aromatic amines is 1. The van der Waals surface area contributed by atoms with Crippen LogP contribution in [0, 0.1) is 6.92 Å². The first kappa shape index (κ1) is 14.2. The number of benzene rings is 1. The molecule has 7 nitrogen and oxygen atoms in total. The van der Waals surface area contributed by atoms with E-state index >= 15 is 0 Å². The molecule has 0 saturated carbocycles. The van der Waals surface area contributed by atoms with Crippen LogP contribution in [0.4, 0.5) is 5.69 Å². The van der Waals surface area contributed by atoms with Gasteiger partial charge in [0.15, 0.2) is 5.82 Å². The fraction of sp³-hybridized carbons (Fsp3) is 0.333. The van der Waals surface area contributed by atoms with Gasteiger partial charge in [-0.1, -0.05) is 23.4 Å². The maximum absolute atomic E-state index is 4.32. The summed E-state index contributed by atoms with van der Waals surface area (Å²) in [7, 11) is 1.98. The lowest BCUT2D eigenvalue weighted by molar-refractivity contribution is 0.669. The minimum atomic E-state index is 0.725. The molecule has 0 amide bonds.